The maximum absolute atomic E-state index is 2.43. The Morgan fingerprint density at radius 1 is 0.472 bits per heavy atom. The first-order valence-corrected chi connectivity index (χ1v) is 16.3. The van der Waals surface area contributed by atoms with Gasteiger partial charge in [0.15, 0.2) is 0 Å². The van der Waals surface area contributed by atoms with E-state index in [0.717, 1.165) is 11.8 Å². The fourth-order valence-electron chi connectivity index (χ4n) is 5.55. The number of hydrogen-bond acceptors (Lipinski definition) is 2. The summed E-state index contributed by atoms with van der Waals surface area (Å²) >= 11 is 4.07. The molecule has 2 heteroatoms. The second kappa shape index (κ2) is 12.9. The van der Waals surface area contributed by atoms with Crippen molar-refractivity contribution in [1.29, 1.82) is 0 Å². The van der Waals surface area contributed by atoms with Crippen LogP contribution in [-0.4, -0.2) is 0 Å². The third kappa shape index (κ3) is 7.13. The maximum Gasteiger partial charge on any atom is 0.00803 e. The Labute approximate surface area is 229 Å². The molecule has 0 saturated heterocycles. The number of fused-ring (bicyclic) bond motifs is 3. The van der Waals surface area contributed by atoms with Crippen LogP contribution in [0, 0.1) is 0 Å². The van der Waals surface area contributed by atoms with E-state index in [0.29, 0.717) is 5.92 Å². The molecule has 2 aromatic heterocycles. The Bertz CT molecular complexity index is 1060. The Hall–Kier alpha value is -1.38. The van der Waals surface area contributed by atoms with Gasteiger partial charge in [0.1, 0.15) is 0 Å². The normalized spacial score (nSPS) is 16.1. The van der Waals surface area contributed by atoms with Crippen LogP contribution in [0.1, 0.15) is 139 Å². The van der Waals surface area contributed by atoms with Gasteiger partial charge in [-0.1, -0.05) is 59.7 Å². The SMILES string of the molecule is CC(C)c1cc2c(s1)CCC2.CC(C)c1cc2c(s1)CCCC2.CC(C)c1ccc2c(c1)CCCC2. The maximum atomic E-state index is 2.43. The van der Waals surface area contributed by atoms with Gasteiger partial charge >= 0.3 is 0 Å². The van der Waals surface area contributed by atoms with Crippen LogP contribution in [-0.2, 0) is 38.5 Å². The molecule has 0 unspecified atom stereocenters. The summed E-state index contributed by atoms with van der Waals surface area (Å²) in [5.74, 6) is 2.12. The molecule has 0 amide bonds. The highest BCUT2D eigenvalue weighted by molar-refractivity contribution is 7.12. The van der Waals surface area contributed by atoms with Gasteiger partial charge in [0, 0.05) is 19.5 Å². The molecular weight excluding hydrogens is 473 g/mol. The summed E-state index contributed by atoms with van der Waals surface area (Å²) < 4.78 is 0. The molecule has 0 fully saturated rings. The van der Waals surface area contributed by atoms with Crippen molar-refractivity contribution in [3.63, 3.8) is 0 Å². The Morgan fingerprint density at radius 2 is 0.944 bits per heavy atom. The summed E-state index contributed by atoms with van der Waals surface area (Å²) in [6, 6.07) is 11.9. The van der Waals surface area contributed by atoms with E-state index >= 15 is 0 Å². The number of aryl methyl sites for hydroxylation is 6. The molecule has 0 radical (unpaired) electrons. The van der Waals surface area contributed by atoms with Crippen molar-refractivity contribution < 1.29 is 0 Å². The first-order chi connectivity index (χ1) is 17.3. The van der Waals surface area contributed by atoms with Crippen LogP contribution in [0.25, 0.3) is 0 Å². The van der Waals surface area contributed by atoms with Gasteiger partial charge in [0.05, 0.1) is 0 Å². The summed E-state index contributed by atoms with van der Waals surface area (Å²) in [6.45, 7) is 13.7. The van der Waals surface area contributed by atoms with Gasteiger partial charge in [-0.3, -0.25) is 0 Å². The van der Waals surface area contributed by atoms with Gasteiger partial charge in [-0.2, -0.15) is 0 Å². The second-order valence-corrected chi connectivity index (χ2v) is 14.3. The largest absolute Gasteiger partial charge is 0.145 e. The first kappa shape index (κ1) is 27.6. The van der Waals surface area contributed by atoms with E-state index in [2.05, 4.69) is 71.9 Å². The van der Waals surface area contributed by atoms with Crippen LogP contribution in [0.15, 0.2) is 30.3 Å². The number of hydrogen-bond donors (Lipinski definition) is 0. The minimum absolute atomic E-state index is 0.673. The van der Waals surface area contributed by atoms with E-state index in [1.54, 1.807) is 41.8 Å². The van der Waals surface area contributed by atoms with Crippen molar-refractivity contribution in [2.24, 2.45) is 0 Å². The predicted octanol–water partition coefficient (Wildman–Crippen LogP) is 10.8. The summed E-state index contributed by atoms with van der Waals surface area (Å²) in [4.78, 5) is 6.50. The summed E-state index contributed by atoms with van der Waals surface area (Å²) in [6.07, 6.45) is 14.9. The lowest BCUT2D eigenvalue weighted by molar-refractivity contribution is 0.682. The molecule has 0 nitrogen and oxygen atoms in total. The number of thiophene rings is 2. The van der Waals surface area contributed by atoms with Crippen LogP contribution >= 0.6 is 22.7 Å². The molecule has 6 rings (SSSR count). The smallest absolute Gasteiger partial charge is 0.00803 e. The highest BCUT2D eigenvalue weighted by atomic mass is 32.1. The fraction of sp³-hybridized carbons (Fsp3) is 0.588. The summed E-state index contributed by atoms with van der Waals surface area (Å²) in [5, 5.41) is 0. The van der Waals surface area contributed by atoms with Gasteiger partial charge in [0.2, 0.25) is 0 Å². The molecule has 3 aromatic rings. The highest BCUT2D eigenvalue weighted by Crippen LogP contribution is 2.34. The van der Waals surface area contributed by atoms with E-state index in [9.17, 15) is 0 Å². The van der Waals surface area contributed by atoms with E-state index in [1.165, 1.54) is 76.2 Å². The molecule has 0 aliphatic heterocycles. The van der Waals surface area contributed by atoms with Crippen LogP contribution in [0.3, 0.4) is 0 Å². The zero-order valence-corrected chi connectivity index (χ0v) is 25.3. The minimum atomic E-state index is 0.673. The second-order valence-electron chi connectivity index (χ2n) is 12.0. The first-order valence-electron chi connectivity index (χ1n) is 14.7. The molecule has 0 spiro atoms. The molecule has 3 aliphatic carbocycles. The average Bonchev–Trinajstić information content (AvgIpc) is 3.59. The summed E-state index contributed by atoms with van der Waals surface area (Å²) in [5.41, 5.74) is 7.99. The molecule has 0 saturated carbocycles. The molecule has 196 valence electrons. The predicted molar refractivity (Wildman–Crippen MR) is 163 cm³/mol. The van der Waals surface area contributed by atoms with Crippen molar-refractivity contribution in [3.05, 3.63) is 77.7 Å². The van der Waals surface area contributed by atoms with Gasteiger partial charge in [-0.05, 0) is 128 Å². The van der Waals surface area contributed by atoms with E-state index in [-0.39, 0.29) is 0 Å². The lowest BCUT2D eigenvalue weighted by atomic mass is 9.88. The number of rotatable bonds is 3. The minimum Gasteiger partial charge on any atom is -0.145 e. The monoisotopic (exact) mass is 520 g/mol. The van der Waals surface area contributed by atoms with Gasteiger partial charge in [-0.15, -0.1) is 22.7 Å². The molecule has 0 N–H and O–H groups in total. The van der Waals surface area contributed by atoms with Crippen molar-refractivity contribution in [3.8, 4) is 0 Å². The Balaban J connectivity index is 0.000000127. The molecule has 2 heterocycles. The third-order valence-electron chi connectivity index (χ3n) is 7.96. The molecule has 36 heavy (non-hydrogen) atoms. The quantitative estimate of drug-likeness (QED) is 0.322. The van der Waals surface area contributed by atoms with Crippen molar-refractivity contribution in [2.45, 2.75) is 130 Å². The molecule has 0 bridgehead atoms. The van der Waals surface area contributed by atoms with Crippen LogP contribution in [0.5, 0.6) is 0 Å². The zero-order chi connectivity index (χ0) is 25.7. The van der Waals surface area contributed by atoms with Crippen LogP contribution in [0.2, 0.25) is 0 Å². The van der Waals surface area contributed by atoms with Crippen LogP contribution in [0.4, 0.5) is 0 Å². The summed E-state index contributed by atoms with van der Waals surface area (Å²) in [7, 11) is 0. The zero-order valence-electron chi connectivity index (χ0n) is 23.7. The van der Waals surface area contributed by atoms with Crippen molar-refractivity contribution >= 4 is 22.7 Å². The lowest BCUT2D eigenvalue weighted by Gasteiger charge is -2.17. The van der Waals surface area contributed by atoms with E-state index in [1.807, 2.05) is 22.7 Å². The highest BCUT2D eigenvalue weighted by Gasteiger charge is 2.16. The van der Waals surface area contributed by atoms with Gasteiger partial charge in [-0.25, -0.2) is 0 Å². The molecule has 1 aromatic carbocycles. The Kier molecular flexibility index (Phi) is 9.92. The van der Waals surface area contributed by atoms with E-state index < -0.39 is 0 Å². The fourth-order valence-corrected chi connectivity index (χ4v) is 8.07. The molecule has 3 aliphatic rings. The molecular formula is C34H48S2. The van der Waals surface area contributed by atoms with Gasteiger partial charge < -0.3 is 0 Å². The lowest BCUT2D eigenvalue weighted by Crippen LogP contribution is -2.03. The third-order valence-corrected chi connectivity index (χ3v) is 11.0. The standard InChI is InChI=1S/C13H18.C11H16S.C10H14S/c1-10(2)12-8-7-11-5-3-4-6-13(11)9-12;1-8(2)11-7-9-5-3-4-6-10(9)12-11;1-7(2)10-6-8-4-3-5-9(8)11-10/h7-10H,3-6H2,1-2H3;7-8H,3-6H2,1-2H3;6-7H,3-5H2,1-2H3. The topological polar surface area (TPSA) is 0 Å². The van der Waals surface area contributed by atoms with Crippen molar-refractivity contribution in [1.82, 2.24) is 0 Å². The van der Waals surface area contributed by atoms with Crippen molar-refractivity contribution in [2.75, 3.05) is 0 Å². The molecule has 0 atom stereocenters. The van der Waals surface area contributed by atoms with Gasteiger partial charge in [0.25, 0.3) is 0 Å². The Morgan fingerprint density at radius 3 is 1.47 bits per heavy atom. The average molecular weight is 521 g/mol. The van der Waals surface area contributed by atoms with Crippen LogP contribution < -0.4 is 0 Å². The van der Waals surface area contributed by atoms with E-state index in [4.69, 9.17) is 0 Å². The number of benzene rings is 1.